The van der Waals surface area contributed by atoms with Gasteiger partial charge in [-0.3, -0.25) is 4.79 Å². The summed E-state index contributed by atoms with van der Waals surface area (Å²) in [5.41, 5.74) is 3.95. The quantitative estimate of drug-likeness (QED) is 0.334. The second kappa shape index (κ2) is 8.56. The normalized spacial score (nSPS) is 10.9. The number of Topliss-reactive ketones (excluding diaryl/α,β-unsaturated/α-hetero) is 1. The summed E-state index contributed by atoms with van der Waals surface area (Å²) < 4.78 is 4.95. The van der Waals surface area contributed by atoms with Crippen molar-refractivity contribution in [1.29, 1.82) is 0 Å². The zero-order valence-corrected chi connectivity index (χ0v) is 16.0. The van der Waals surface area contributed by atoms with E-state index in [1.807, 2.05) is 47.8 Å². The fourth-order valence-corrected chi connectivity index (χ4v) is 3.59. The van der Waals surface area contributed by atoms with E-state index in [1.54, 1.807) is 19.1 Å². The third-order valence-electron chi connectivity index (χ3n) is 3.96. The molecule has 3 rings (SSSR count). The number of aromatic nitrogens is 1. The number of hydrogen-bond acceptors (Lipinski definition) is 5. The van der Waals surface area contributed by atoms with E-state index in [4.69, 9.17) is 9.72 Å². The van der Waals surface area contributed by atoms with Crippen LogP contribution in [0.5, 0.6) is 0 Å². The van der Waals surface area contributed by atoms with Crippen LogP contribution in [0.4, 0.5) is 0 Å². The zero-order valence-electron chi connectivity index (χ0n) is 15.1. The van der Waals surface area contributed by atoms with Crippen molar-refractivity contribution < 1.29 is 14.3 Å². The van der Waals surface area contributed by atoms with Crippen LogP contribution in [0.25, 0.3) is 27.9 Å². The van der Waals surface area contributed by atoms with Crippen molar-refractivity contribution in [3.63, 3.8) is 0 Å². The standard InChI is InChI=1S/C22H19NO3S/c1-3-26-21(25)13-12-18-17(15(2)24)10-7-11-19(18)22-23-20(14-27-22)16-8-5-4-6-9-16/h4-14H,3H2,1-2H3/b13-12+. The zero-order chi connectivity index (χ0) is 19.2. The summed E-state index contributed by atoms with van der Waals surface area (Å²) in [5.74, 6) is -0.508. The molecule has 0 atom stereocenters. The highest BCUT2D eigenvalue weighted by Gasteiger charge is 2.15. The number of benzene rings is 2. The highest BCUT2D eigenvalue weighted by Crippen LogP contribution is 2.33. The van der Waals surface area contributed by atoms with Gasteiger partial charge in [0.2, 0.25) is 0 Å². The molecule has 0 fully saturated rings. The van der Waals surface area contributed by atoms with E-state index in [1.165, 1.54) is 24.3 Å². The molecule has 136 valence electrons. The first-order chi connectivity index (χ1) is 13.1. The van der Waals surface area contributed by atoms with Gasteiger partial charge in [0.15, 0.2) is 5.78 Å². The Balaban J connectivity index is 2.05. The van der Waals surface area contributed by atoms with E-state index in [-0.39, 0.29) is 5.78 Å². The van der Waals surface area contributed by atoms with E-state index in [0.29, 0.717) is 17.7 Å². The first-order valence-electron chi connectivity index (χ1n) is 8.60. The average molecular weight is 377 g/mol. The predicted molar refractivity (Wildman–Crippen MR) is 109 cm³/mol. The number of carbonyl (C=O) groups is 2. The second-order valence-corrected chi connectivity index (χ2v) is 6.67. The van der Waals surface area contributed by atoms with Crippen LogP contribution >= 0.6 is 11.3 Å². The molecule has 0 bridgehead atoms. The molecule has 0 radical (unpaired) electrons. The molecule has 5 heteroatoms. The molecule has 1 aromatic heterocycles. The minimum absolute atomic E-state index is 0.0693. The lowest BCUT2D eigenvalue weighted by atomic mass is 9.98. The molecule has 4 nitrogen and oxygen atoms in total. The maximum absolute atomic E-state index is 12.1. The Morgan fingerprint density at radius 3 is 2.59 bits per heavy atom. The van der Waals surface area contributed by atoms with Gasteiger partial charge in [-0.25, -0.2) is 9.78 Å². The van der Waals surface area contributed by atoms with Gasteiger partial charge >= 0.3 is 5.97 Å². The van der Waals surface area contributed by atoms with E-state index in [0.717, 1.165) is 21.8 Å². The Hall–Kier alpha value is -3.05. The Labute approximate surface area is 162 Å². The van der Waals surface area contributed by atoms with Gasteiger partial charge in [0, 0.05) is 28.1 Å². The summed E-state index contributed by atoms with van der Waals surface area (Å²) >= 11 is 1.50. The first-order valence-corrected chi connectivity index (χ1v) is 9.48. The highest BCUT2D eigenvalue weighted by atomic mass is 32.1. The molecule has 0 amide bonds. The number of esters is 1. The van der Waals surface area contributed by atoms with Gasteiger partial charge in [-0.15, -0.1) is 11.3 Å². The van der Waals surface area contributed by atoms with Gasteiger partial charge in [-0.05, 0) is 25.5 Å². The molecule has 0 aliphatic heterocycles. The van der Waals surface area contributed by atoms with E-state index >= 15 is 0 Å². The lowest BCUT2D eigenvalue weighted by Gasteiger charge is -2.08. The van der Waals surface area contributed by atoms with Crippen molar-refractivity contribution in [3.05, 3.63) is 71.1 Å². The van der Waals surface area contributed by atoms with Crippen LogP contribution in [0.3, 0.4) is 0 Å². The monoisotopic (exact) mass is 377 g/mol. The molecule has 0 spiro atoms. The van der Waals surface area contributed by atoms with Crippen molar-refractivity contribution in [2.24, 2.45) is 0 Å². The van der Waals surface area contributed by atoms with Crippen LogP contribution < -0.4 is 0 Å². The molecule has 0 saturated carbocycles. The topological polar surface area (TPSA) is 56.3 Å². The van der Waals surface area contributed by atoms with Crippen molar-refractivity contribution in [2.45, 2.75) is 13.8 Å². The SMILES string of the molecule is CCOC(=O)/C=C/c1c(C(C)=O)cccc1-c1nc(-c2ccccc2)cs1. The maximum Gasteiger partial charge on any atom is 0.330 e. The van der Waals surface area contributed by atoms with Gasteiger partial charge in [-0.2, -0.15) is 0 Å². The predicted octanol–water partition coefficient (Wildman–Crippen LogP) is 5.26. The van der Waals surface area contributed by atoms with Gasteiger partial charge in [0.05, 0.1) is 12.3 Å². The van der Waals surface area contributed by atoms with Gasteiger partial charge in [0.25, 0.3) is 0 Å². The van der Waals surface area contributed by atoms with Crippen molar-refractivity contribution in [3.8, 4) is 21.8 Å². The summed E-state index contributed by atoms with van der Waals surface area (Å²) in [6.45, 7) is 3.57. The van der Waals surface area contributed by atoms with Crippen LogP contribution in [-0.2, 0) is 9.53 Å². The Bertz CT molecular complexity index is 990. The lowest BCUT2D eigenvalue weighted by Crippen LogP contribution is -2.01. The Morgan fingerprint density at radius 2 is 1.89 bits per heavy atom. The first kappa shape index (κ1) is 18.7. The molecule has 0 aliphatic carbocycles. The van der Waals surface area contributed by atoms with E-state index in [2.05, 4.69) is 0 Å². The highest BCUT2D eigenvalue weighted by molar-refractivity contribution is 7.13. The third-order valence-corrected chi connectivity index (χ3v) is 4.84. The molecule has 2 aromatic carbocycles. The van der Waals surface area contributed by atoms with Crippen molar-refractivity contribution in [2.75, 3.05) is 6.61 Å². The lowest BCUT2D eigenvalue weighted by molar-refractivity contribution is -0.137. The van der Waals surface area contributed by atoms with Crippen molar-refractivity contribution >= 4 is 29.2 Å². The number of hydrogen-bond donors (Lipinski definition) is 0. The minimum atomic E-state index is -0.439. The van der Waals surface area contributed by atoms with Crippen molar-refractivity contribution in [1.82, 2.24) is 4.98 Å². The second-order valence-electron chi connectivity index (χ2n) is 5.81. The third kappa shape index (κ3) is 4.38. The molecule has 0 aliphatic rings. The van der Waals surface area contributed by atoms with Crippen LogP contribution in [0, 0.1) is 0 Å². The maximum atomic E-state index is 12.1. The average Bonchev–Trinajstić information content (AvgIpc) is 3.17. The largest absolute Gasteiger partial charge is 0.463 e. The van der Waals surface area contributed by atoms with Crippen LogP contribution in [-0.4, -0.2) is 23.3 Å². The van der Waals surface area contributed by atoms with E-state index < -0.39 is 5.97 Å². The fourth-order valence-electron chi connectivity index (χ4n) is 2.72. The summed E-state index contributed by atoms with van der Waals surface area (Å²) in [6.07, 6.45) is 2.98. The number of rotatable bonds is 6. The molecular formula is C22H19NO3S. The minimum Gasteiger partial charge on any atom is -0.463 e. The number of carbonyl (C=O) groups excluding carboxylic acids is 2. The Kier molecular flexibility index (Phi) is 5.94. The van der Waals surface area contributed by atoms with E-state index in [9.17, 15) is 9.59 Å². The molecule has 1 heterocycles. The summed E-state index contributed by atoms with van der Waals surface area (Å²) in [7, 11) is 0. The van der Waals surface area contributed by atoms with Gasteiger partial charge in [-0.1, -0.05) is 48.5 Å². The molecule has 0 saturated heterocycles. The van der Waals surface area contributed by atoms with Gasteiger partial charge < -0.3 is 4.74 Å². The Morgan fingerprint density at radius 1 is 1.11 bits per heavy atom. The molecule has 3 aromatic rings. The summed E-state index contributed by atoms with van der Waals surface area (Å²) in [5, 5.41) is 2.78. The number of ketones is 1. The molecule has 27 heavy (non-hydrogen) atoms. The number of thiazole rings is 1. The fraction of sp³-hybridized carbons (Fsp3) is 0.136. The summed E-state index contributed by atoms with van der Waals surface area (Å²) in [4.78, 5) is 28.5. The van der Waals surface area contributed by atoms with Crippen LogP contribution in [0.1, 0.15) is 29.8 Å². The smallest absolute Gasteiger partial charge is 0.330 e. The van der Waals surface area contributed by atoms with Crippen LogP contribution in [0.15, 0.2) is 60.0 Å². The summed E-state index contributed by atoms with van der Waals surface area (Å²) in [6, 6.07) is 15.4. The molecule has 0 N–H and O–H groups in total. The molecule has 0 unspecified atom stereocenters. The molecular weight excluding hydrogens is 358 g/mol. The number of ether oxygens (including phenoxy) is 1. The van der Waals surface area contributed by atoms with Gasteiger partial charge in [0.1, 0.15) is 5.01 Å². The number of nitrogens with zero attached hydrogens (tertiary/aromatic N) is 1. The van der Waals surface area contributed by atoms with Crippen LogP contribution in [0.2, 0.25) is 0 Å².